The van der Waals surface area contributed by atoms with Crippen molar-refractivity contribution >= 4 is 10.0 Å². The third-order valence-electron chi connectivity index (χ3n) is 3.61. The Bertz CT molecular complexity index is 563. The minimum atomic E-state index is -3.58. The van der Waals surface area contributed by atoms with Crippen LogP contribution in [0.5, 0.6) is 0 Å². The molecule has 1 heterocycles. The number of sulfonamides is 1. The average molecular weight is 286 g/mol. The minimum absolute atomic E-state index is 0.143. The van der Waals surface area contributed by atoms with Crippen LogP contribution in [0.4, 0.5) is 4.39 Å². The van der Waals surface area contributed by atoms with E-state index in [0.29, 0.717) is 24.2 Å². The Morgan fingerprint density at radius 1 is 1.37 bits per heavy atom. The van der Waals surface area contributed by atoms with E-state index >= 15 is 0 Å². The molecule has 1 aromatic rings. The van der Waals surface area contributed by atoms with Crippen LogP contribution in [0.2, 0.25) is 0 Å². The van der Waals surface area contributed by atoms with E-state index in [4.69, 9.17) is 5.73 Å². The first-order valence-electron chi connectivity index (χ1n) is 6.36. The molecular formula is C13H19FN2O2S. The quantitative estimate of drug-likeness (QED) is 0.917. The van der Waals surface area contributed by atoms with E-state index in [1.807, 2.05) is 0 Å². The summed E-state index contributed by atoms with van der Waals surface area (Å²) in [6, 6.07) is 2.64. The first kappa shape index (κ1) is 14.4. The fourth-order valence-electron chi connectivity index (χ4n) is 2.55. The summed E-state index contributed by atoms with van der Waals surface area (Å²) in [4.78, 5) is 0.157. The van der Waals surface area contributed by atoms with Gasteiger partial charge in [0.05, 0.1) is 4.90 Å². The zero-order chi connectivity index (χ0) is 14.2. The van der Waals surface area contributed by atoms with E-state index in [-0.39, 0.29) is 16.8 Å². The summed E-state index contributed by atoms with van der Waals surface area (Å²) in [6.45, 7) is 3.95. The van der Waals surface area contributed by atoms with Crippen molar-refractivity contribution in [3.63, 3.8) is 0 Å². The number of aryl methyl sites for hydroxylation is 2. The van der Waals surface area contributed by atoms with Crippen LogP contribution in [0, 0.1) is 19.7 Å². The Morgan fingerprint density at radius 3 is 2.47 bits per heavy atom. The van der Waals surface area contributed by atoms with Gasteiger partial charge in [0.1, 0.15) is 5.82 Å². The summed E-state index contributed by atoms with van der Waals surface area (Å²) in [5, 5.41) is 0. The lowest BCUT2D eigenvalue weighted by molar-refractivity contribution is 0.393. The maximum atomic E-state index is 13.6. The molecule has 1 fully saturated rings. The molecule has 19 heavy (non-hydrogen) atoms. The van der Waals surface area contributed by atoms with Gasteiger partial charge in [-0.2, -0.15) is 4.31 Å². The van der Waals surface area contributed by atoms with Crippen molar-refractivity contribution in [2.24, 2.45) is 5.73 Å². The van der Waals surface area contributed by atoms with E-state index in [9.17, 15) is 12.8 Å². The molecule has 0 radical (unpaired) electrons. The first-order valence-corrected chi connectivity index (χ1v) is 7.80. The minimum Gasteiger partial charge on any atom is -0.329 e. The van der Waals surface area contributed by atoms with E-state index in [2.05, 4.69) is 0 Å². The molecule has 1 aliphatic heterocycles. The van der Waals surface area contributed by atoms with E-state index in [1.54, 1.807) is 13.8 Å². The monoisotopic (exact) mass is 286 g/mol. The summed E-state index contributed by atoms with van der Waals surface area (Å²) in [6.07, 6.45) is 1.61. The topological polar surface area (TPSA) is 63.4 Å². The highest BCUT2D eigenvalue weighted by atomic mass is 32.2. The lowest BCUT2D eigenvalue weighted by Crippen LogP contribution is -2.39. The third kappa shape index (κ3) is 2.52. The highest BCUT2D eigenvalue weighted by Crippen LogP contribution is 2.27. The van der Waals surface area contributed by atoms with Crippen molar-refractivity contribution in [2.75, 3.05) is 13.1 Å². The highest BCUT2D eigenvalue weighted by molar-refractivity contribution is 7.89. The SMILES string of the molecule is Cc1cc(S(=O)(=O)N2CCCC2CN)cc(C)c1F. The molecule has 0 saturated carbocycles. The zero-order valence-electron chi connectivity index (χ0n) is 11.2. The lowest BCUT2D eigenvalue weighted by Gasteiger charge is -2.23. The molecule has 1 aliphatic rings. The van der Waals surface area contributed by atoms with Gasteiger partial charge >= 0.3 is 0 Å². The van der Waals surface area contributed by atoms with Gasteiger partial charge in [0, 0.05) is 19.1 Å². The second-order valence-corrected chi connectivity index (χ2v) is 6.91. The Kier molecular flexibility index (Phi) is 3.94. The third-order valence-corrected chi connectivity index (χ3v) is 5.54. The Balaban J connectivity index is 2.45. The summed E-state index contributed by atoms with van der Waals surface area (Å²) in [7, 11) is -3.58. The molecule has 4 nitrogen and oxygen atoms in total. The summed E-state index contributed by atoms with van der Waals surface area (Å²) in [5.74, 6) is -0.351. The van der Waals surface area contributed by atoms with Gasteiger partial charge in [-0.15, -0.1) is 0 Å². The second-order valence-electron chi connectivity index (χ2n) is 5.02. The molecule has 0 amide bonds. The second kappa shape index (κ2) is 5.19. The fourth-order valence-corrected chi connectivity index (χ4v) is 4.43. The summed E-state index contributed by atoms with van der Waals surface area (Å²) >= 11 is 0. The zero-order valence-corrected chi connectivity index (χ0v) is 12.0. The van der Waals surface area contributed by atoms with Gasteiger partial charge in [0.2, 0.25) is 10.0 Å². The molecule has 1 atom stereocenters. The number of hydrogen-bond acceptors (Lipinski definition) is 3. The average Bonchev–Trinajstić information content (AvgIpc) is 2.84. The van der Waals surface area contributed by atoms with Crippen molar-refractivity contribution in [3.8, 4) is 0 Å². The van der Waals surface area contributed by atoms with Crippen LogP contribution in [0.1, 0.15) is 24.0 Å². The summed E-state index contributed by atoms with van der Waals surface area (Å²) in [5.41, 5.74) is 6.32. The van der Waals surface area contributed by atoms with Crippen molar-refractivity contribution in [1.82, 2.24) is 4.31 Å². The summed E-state index contributed by atoms with van der Waals surface area (Å²) < 4.78 is 40.2. The van der Waals surface area contributed by atoms with E-state index < -0.39 is 10.0 Å². The van der Waals surface area contributed by atoms with Crippen LogP contribution >= 0.6 is 0 Å². The molecule has 0 spiro atoms. The van der Waals surface area contributed by atoms with Gasteiger partial charge in [0.25, 0.3) is 0 Å². The Labute approximate surface area is 113 Å². The molecule has 1 unspecified atom stereocenters. The lowest BCUT2D eigenvalue weighted by atomic mass is 10.1. The number of nitrogens with two attached hydrogens (primary N) is 1. The predicted molar refractivity (Wildman–Crippen MR) is 71.8 cm³/mol. The van der Waals surface area contributed by atoms with Crippen molar-refractivity contribution in [1.29, 1.82) is 0 Å². The van der Waals surface area contributed by atoms with Gasteiger partial charge in [-0.05, 0) is 49.9 Å². The van der Waals surface area contributed by atoms with Crippen molar-refractivity contribution in [3.05, 3.63) is 29.1 Å². The molecule has 0 aliphatic carbocycles. The van der Waals surface area contributed by atoms with Gasteiger partial charge < -0.3 is 5.73 Å². The van der Waals surface area contributed by atoms with E-state index in [0.717, 1.165) is 12.8 Å². The number of rotatable bonds is 3. The van der Waals surface area contributed by atoms with Gasteiger partial charge in [0.15, 0.2) is 0 Å². The van der Waals surface area contributed by atoms with Crippen LogP contribution < -0.4 is 5.73 Å². The predicted octanol–water partition coefficient (Wildman–Crippen LogP) is 1.55. The maximum Gasteiger partial charge on any atom is 0.243 e. The maximum absolute atomic E-state index is 13.6. The fraction of sp³-hybridized carbons (Fsp3) is 0.538. The molecule has 1 saturated heterocycles. The van der Waals surface area contributed by atoms with Crippen LogP contribution in [-0.2, 0) is 10.0 Å². The normalized spacial score (nSPS) is 20.9. The number of halogens is 1. The highest BCUT2D eigenvalue weighted by Gasteiger charge is 2.34. The van der Waals surface area contributed by atoms with E-state index in [1.165, 1.54) is 16.4 Å². The molecule has 2 N–H and O–H groups in total. The van der Waals surface area contributed by atoms with Gasteiger partial charge in [-0.25, -0.2) is 12.8 Å². The Morgan fingerprint density at radius 2 is 1.95 bits per heavy atom. The van der Waals surface area contributed by atoms with Crippen LogP contribution in [0.15, 0.2) is 17.0 Å². The van der Waals surface area contributed by atoms with Crippen LogP contribution in [-0.4, -0.2) is 31.9 Å². The number of nitrogens with zero attached hydrogens (tertiary/aromatic N) is 1. The van der Waals surface area contributed by atoms with Crippen molar-refractivity contribution in [2.45, 2.75) is 37.6 Å². The molecule has 2 rings (SSSR count). The first-order chi connectivity index (χ1) is 8.87. The standard InChI is InChI=1S/C13H19FN2O2S/c1-9-6-12(7-10(2)13(9)14)19(17,18)16-5-3-4-11(16)8-15/h6-7,11H,3-5,8,15H2,1-2H3. The molecule has 1 aromatic carbocycles. The smallest absolute Gasteiger partial charge is 0.243 e. The Hall–Kier alpha value is -0.980. The van der Waals surface area contributed by atoms with Crippen molar-refractivity contribution < 1.29 is 12.8 Å². The number of hydrogen-bond donors (Lipinski definition) is 1. The molecule has 106 valence electrons. The largest absolute Gasteiger partial charge is 0.329 e. The molecular weight excluding hydrogens is 267 g/mol. The van der Waals surface area contributed by atoms with Gasteiger partial charge in [-0.3, -0.25) is 0 Å². The van der Waals surface area contributed by atoms with Crippen LogP contribution in [0.3, 0.4) is 0 Å². The molecule has 6 heteroatoms. The van der Waals surface area contributed by atoms with Gasteiger partial charge in [-0.1, -0.05) is 0 Å². The van der Waals surface area contributed by atoms with Crippen LogP contribution in [0.25, 0.3) is 0 Å². The molecule has 0 aromatic heterocycles. The number of benzene rings is 1. The molecule has 0 bridgehead atoms.